The molecule has 0 aliphatic carbocycles. The SMILES string of the molecule is COc1ccc(CN2C(=S)N[C@@H]3CS(=O)(=O)C[C@@H]32)cc1. The molecule has 1 aromatic rings. The Morgan fingerprint density at radius 3 is 2.70 bits per heavy atom. The molecule has 2 fully saturated rings. The summed E-state index contributed by atoms with van der Waals surface area (Å²) >= 11 is 5.31. The molecule has 2 atom stereocenters. The molecule has 0 bridgehead atoms. The summed E-state index contributed by atoms with van der Waals surface area (Å²) in [6, 6.07) is 7.62. The van der Waals surface area contributed by atoms with Crippen LogP contribution in [0.25, 0.3) is 0 Å². The van der Waals surface area contributed by atoms with Crippen molar-refractivity contribution in [3.63, 3.8) is 0 Å². The fourth-order valence-electron chi connectivity index (χ4n) is 2.78. The van der Waals surface area contributed by atoms with Crippen molar-refractivity contribution in [3.05, 3.63) is 29.8 Å². The van der Waals surface area contributed by atoms with Gasteiger partial charge in [-0.2, -0.15) is 0 Å². The topological polar surface area (TPSA) is 58.6 Å². The van der Waals surface area contributed by atoms with Gasteiger partial charge in [-0.05, 0) is 29.9 Å². The number of thiocarbonyl (C=S) groups is 1. The minimum atomic E-state index is -2.95. The molecular weight excluding hydrogens is 296 g/mol. The third kappa shape index (κ3) is 2.47. The molecular formula is C13H16N2O3S2. The summed E-state index contributed by atoms with van der Waals surface area (Å²) in [7, 11) is -1.32. The van der Waals surface area contributed by atoms with Gasteiger partial charge in [0.1, 0.15) is 5.75 Å². The number of hydrogen-bond donors (Lipinski definition) is 1. The van der Waals surface area contributed by atoms with Crippen LogP contribution in [-0.2, 0) is 16.4 Å². The highest BCUT2D eigenvalue weighted by atomic mass is 32.2. The first-order valence-electron chi connectivity index (χ1n) is 6.39. The first kappa shape index (κ1) is 13.6. The Morgan fingerprint density at radius 1 is 1.35 bits per heavy atom. The van der Waals surface area contributed by atoms with E-state index in [0.29, 0.717) is 11.7 Å². The molecule has 2 aliphatic rings. The number of methoxy groups -OCH3 is 1. The first-order valence-corrected chi connectivity index (χ1v) is 8.62. The second-order valence-electron chi connectivity index (χ2n) is 5.18. The van der Waals surface area contributed by atoms with Gasteiger partial charge in [-0.25, -0.2) is 8.42 Å². The van der Waals surface area contributed by atoms with Gasteiger partial charge >= 0.3 is 0 Å². The summed E-state index contributed by atoms with van der Waals surface area (Å²) < 4.78 is 28.5. The van der Waals surface area contributed by atoms with Crippen molar-refractivity contribution < 1.29 is 13.2 Å². The van der Waals surface area contributed by atoms with Gasteiger partial charge in [-0.3, -0.25) is 0 Å². The maximum absolute atomic E-state index is 11.7. The number of fused-ring (bicyclic) bond motifs is 1. The zero-order valence-electron chi connectivity index (χ0n) is 11.1. The van der Waals surface area contributed by atoms with Gasteiger partial charge in [0, 0.05) is 6.54 Å². The summed E-state index contributed by atoms with van der Waals surface area (Å²) in [4.78, 5) is 1.98. The third-order valence-corrected chi connectivity index (χ3v) is 5.87. The maximum Gasteiger partial charge on any atom is 0.169 e. The molecule has 20 heavy (non-hydrogen) atoms. The molecule has 3 rings (SSSR count). The summed E-state index contributed by atoms with van der Waals surface area (Å²) in [5.74, 6) is 1.16. The van der Waals surface area contributed by atoms with E-state index < -0.39 is 9.84 Å². The van der Waals surface area contributed by atoms with Crippen LogP contribution in [0, 0.1) is 0 Å². The van der Waals surface area contributed by atoms with Gasteiger partial charge < -0.3 is 15.0 Å². The van der Waals surface area contributed by atoms with Crippen LogP contribution in [0.5, 0.6) is 5.75 Å². The maximum atomic E-state index is 11.7. The molecule has 5 nitrogen and oxygen atoms in total. The number of hydrogen-bond acceptors (Lipinski definition) is 4. The number of benzene rings is 1. The second kappa shape index (κ2) is 4.89. The number of ether oxygens (including phenoxy) is 1. The van der Waals surface area contributed by atoms with Crippen LogP contribution in [0.3, 0.4) is 0 Å². The highest BCUT2D eigenvalue weighted by Gasteiger charge is 2.46. The van der Waals surface area contributed by atoms with Crippen molar-refractivity contribution in [1.82, 2.24) is 10.2 Å². The zero-order valence-corrected chi connectivity index (χ0v) is 12.7. The lowest BCUT2D eigenvalue weighted by atomic mass is 10.1. The van der Waals surface area contributed by atoms with E-state index in [0.717, 1.165) is 11.3 Å². The molecule has 1 N–H and O–H groups in total. The summed E-state index contributed by atoms with van der Waals surface area (Å²) in [6.45, 7) is 0.618. The van der Waals surface area contributed by atoms with E-state index in [2.05, 4.69) is 5.32 Å². The van der Waals surface area contributed by atoms with Crippen molar-refractivity contribution in [2.45, 2.75) is 18.6 Å². The van der Waals surface area contributed by atoms with Gasteiger partial charge in [0.2, 0.25) is 0 Å². The molecule has 2 heterocycles. The Kier molecular flexibility index (Phi) is 3.33. The molecule has 108 valence electrons. The van der Waals surface area contributed by atoms with Gasteiger partial charge in [-0.15, -0.1) is 0 Å². The van der Waals surface area contributed by atoms with Crippen molar-refractivity contribution in [1.29, 1.82) is 0 Å². The minimum Gasteiger partial charge on any atom is -0.497 e. The summed E-state index contributed by atoms with van der Waals surface area (Å²) in [5.41, 5.74) is 1.08. The van der Waals surface area contributed by atoms with Gasteiger partial charge in [0.25, 0.3) is 0 Å². The van der Waals surface area contributed by atoms with Crippen molar-refractivity contribution >= 4 is 27.2 Å². The minimum absolute atomic E-state index is 0.0467. The molecule has 0 spiro atoms. The van der Waals surface area contributed by atoms with Gasteiger partial charge in [0.05, 0.1) is 30.7 Å². The molecule has 0 saturated carbocycles. The molecule has 2 saturated heterocycles. The van der Waals surface area contributed by atoms with Crippen LogP contribution in [-0.4, -0.2) is 49.1 Å². The smallest absolute Gasteiger partial charge is 0.169 e. The fraction of sp³-hybridized carbons (Fsp3) is 0.462. The lowest BCUT2D eigenvalue weighted by Gasteiger charge is -2.23. The average Bonchev–Trinajstić information content (AvgIpc) is 2.84. The molecule has 0 radical (unpaired) electrons. The molecule has 0 aromatic heterocycles. The Balaban J connectivity index is 1.77. The Morgan fingerprint density at radius 2 is 2.05 bits per heavy atom. The van der Waals surface area contributed by atoms with Crippen LogP contribution in [0.4, 0.5) is 0 Å². The predicted octanol–water partition coefficient (Wildman–Crippen LogP) is 0.551. The lowest BCUT2D eigenvalue weighted by Crippen LogP contribution is -2.36. The molecule has 7 heteroatoms. The van der Waals surface area contributed by atoms with E-state index in [4.69, 9.17) is 17.0 Å². The second-order valence-corrected chi connectivity index (χ2v) is 7.72. The van der Waals surface area contributed by atoms with E-state index >= 15 is 0 Å². The number of nitrogens with one attached hydrogen (secondary N) is 1. The van der Waals surface area contributed by atoms with E-state index in [1.54, 1.807) is 7.11 Å². The normalized spacial score (nSPS) is 27.2. The average molecular weight is 312 g/mol. The predicted molar refractivity (Wildman–Crippen MR) is 80.5 cm³/mol. The van der Waals surface area contributed by atoms with E-state index in [9.17, 15) is 8.42 Å². The van der Waals surface area contributed by atoms with Crippen LogP contribution < -0.4 is 10.1 Å². The van der Waals surface area contributed by atoms with E-state index in [-0.39, 0.29) is 23.6 Å². The molecule has 2 aliphatic heterocycles. The highest BCUT2D eigenvalue weighted by molar-refractivity contribution is 7.91. The van der Waals surface area contributed by atoms with Crippen molar-refractivity contribution in [2.75, 3.05) is 18.6 Å². The monoisotopic (exact) mass is 312 g/mol. The first-order chi connectivity index (χ1) is 9.48. The van der Waals surface area contributed by atoms with Gasteiger partial charge in [-0.1, -0.05) is 12.1 Å². The number of sulfone groups is 1. The Labute approximate surface area is 123 Å². The van der Waals surface area contributed by atoms with Crippen LogP contribution in [0.15, 0.2) is 24.3 Å². The standard InChI is InChI=1S/C13H16N2O3S2/c1-18-10-4-2-9(3-5-10)6-15-12-8-20(16,17)7-11(12)14-13(15)19/h2-5,11-12H,6-8H2,1H3,(H,14,19)/t11-,12+/m1/s1. The largest absolute Gasteiger partial charge is 0.497 e. The molecule has 1 aromatic carbocycles. The quantitative estimate of drug-likeness (QED) is 0.823. The fourth-order valence-corrected chi connectivity index (χ4v) is 5.06. The lowest BCUT2D eigenvalue weighted by molar-refractivity contribution is 0.348. The van der Waals surface area contributed by atoms with Crippen LogP contribution in [0.2, 0.25) is 0 Å². The number of rotatable bonds is 3. The van der Waals surface area contributed by atoms with Crippen molar-refractivity contribution in [3.8, 4) is 5.75 Å². The van der Waals surface area contributed by atoms with E-state index in [1.165, 1.54) is 0 Å². The zero-order chi connectivity index (χ0) is 14.3. The van der Waals surface area contributed by atoms with Crippen molar-refractivity contribution in [2.24, 2.45) is 0 Å². The number of nitrogens with zero attached hydrogens (tertiary/aromatic N) is 1. The summed E-state index contributed by atoms with van der Waals surface area (Å²) in [6.07, 6.45) is 0. The Bertz CT molecular complexity index is 628. The van der Waals surface area contributed by atoms with Crippen LogP contribution in [0.1, 0.15) is 5.56 Å². The molecule has 0 amide bonds. The highest BCUT2D eigenvalue weighted by Crippen LogP contribution is 2.26. The third-order valence-electron chi connectivity index (χ3n) is 3.80. The van der Waals surface area contributed by atoms with Crippen LogP contribution >= 0.6 is 12.2 Å². The van der Waals surface area contributed by atoms with Gasteiger partial charge in [0.15, 0.2) is 14.9 Å². The Hall–Kier alpha value is -1.34. The summed E-state index contributed by atoms with van der Waals surface area (Å²) in [5, 5.41) is 3.76. The molecule has 0 unspecified atom stereocenters. The van der Waals surface area contributed by atoms with E-state index in [1.807, 2.05) is 29.2 Å².